The fourth-order valence-corrected chi connectivity index (χ4v) is 3.09. The number of ether oxygens (including phenoxy) is 1. The smallest absolute Gasteiger partial charge is 0.209 e. The molecule has 1 aromatic rings. The molecule has 0 spiro atoms. The van der Waals surface area contributed by atoms with Gasteiger partial charge in [0.15, 0.2) is 0 Å². The molecule has 0 bridgehead atoms. The maximum absolute atomic E-state index is 11.0. The Labute approximate surface area is 117 Å². The summed E-state index contributed by atoms with van der Waals surface area (Å²) in [6, 6.07) is 4.85. The lowest BCUT2D eigenvalue weighted by Gasteiger charge is -2.23. The zero-order chi connectivity index (χ0) is 14.0. The van der Waals surface area contributed by atoms with E-state index in [0.29, 0.717) is 15.8 Å². The summed E-state index contributed by atoms with van der Waals surface area (Å²) < 4.78 is 27.6. The van der Waals surface area contributed by atoms with Crippen molar-refractivity contribution in [1.82, 2.24) is 0 Å². The first kappa shape index (κ1) is 15.6. The molecule has 1 rings (SSSR count). The van der Waals surface area contributed by atoms with Crippen LogP contribution in [0, 0.1) is 5.41 Å². The molecule has 1 aromatic carbocycles. The minimum Gasteiger partial charge on any atom is -0.491 e. The second kappa shape index (κ2) is 5.65. The highest BCUT2D eigenvalue weighted by Crippen LogP contribution is 2.29. The quantitative estimate of drug-likeness (QED) is 0.909. The summed E-state index contributed by atoms with van der Waals surface area (Å²) in [7, 11) is -3.54. The highest BCUT2D eigenvalue weighted by Gasteiger charge is 2.25. The molecule has 0 aliphatic heterocycles. The van der Waals surface area contributed by atoms with Crippen LogP contribution in [0.2, 0.25) is 10.0 Å². The van der Waals surface area contributed by atoms with Gasteiger partial charge in [-0.05, 0) is 18.2 Å². The zero-order valence-corrected chi connectivity index (χ0v) is 12.4. The highest BCUT2D eigenvalue weighted by molar-refractivity contribution is 7.89. The fourth-order valence-electron chi connectivity index (χ4n) is 1.45. The Morgan fingerprint density at radius 3 is 2.44 bits per heavy atom. The van der Waals surface area contributed by atoms with E-state index in [1.54, 1.807) is 32.0 Å². The van der Waals surface area contributed by atoms with Gasteiger partial charge in [-0.3, -0.25) is 0 Å². The van der Waals surface area contributed by atoms with Crippen LogP contribution in [0.5, 0.6) is 5.75 Å². The maximum atomic E-state index is 11.0. The Bertz CT molecular complexity index is 529. The summed E-state index contributed by atoms with van der Waals surface area (Å²) >= 11 is 11.7. The number of benzene rings is 1. The van der Waals surface area contributed by atoms with E-state index in [-0.39, 0.29) is 12.4 Å². The second-order valence-corrected chi connectivity index (χ2v) is 7.29. The molecule has 7 heteroatoms. The third-order valence-corrected chi connectivity index (χ3v) is 3.82. The Morgan fingerprint density at radius 2 is 1.94 bits per heavy atom. The molecule has 0 radical (unpaired) electrons. The van der Waals surface area contributed by atoms with Gasteiger partial charge >= 0.3 is 0 Å². The first-order valence-electron chi connectivity index (χ1n) is 5.17. The molecule has 2 N–H and O–H groups in total. The van der Waals surface area contributed by atoms with Crippen LogP contribution in [0.1, 0.15) is 13.8 Å². The monoisotopic (exact) mass is 311 g/mol. The summed E-state index contributed by atoms with van der Waals surface area (Å²) in [5.41, 5.74) is -0.601. The van der Waals surface area contributed by atoms with Crippen LogP contribution < -0.4 is 9.88 Å². The van der Waals surface area contributed by atoms with Crippen molar-refractivity contribution in [2.75, 3.05) is 12.4 Å². The summed E-state index contributed by atoms with van der Waals surface area (Å²) in [6.07, 6.45) is 0. The second-order valence-electron chi connectivity index (χ2n) is 4.83. The third kappa shape index (κ3) is 5.44. The van der Waals surface area contributed by atoms with Crippen LogP contribution in [0.4, 0.5) is 0 Å². The molecule has 0 aliphatic carbocycles. The van der Waals surface area contributed by atoms with Crippen molar-refractivity contribution in [3.05, 3.63) is 28.2 Å². The van der Waals surface area contributed by atoms with Gasteiger partial charge in [0, 0.05) is 10.4 Å². The van der Waals surface area contributed by atoms with Crippen molar-refractivity contribution in [3.8, 4) is 5.75 Å². The molecular weight excluding hydrogens is 297 g/mol. The molecule has 0 unspecified atom stereocenters. The zero-order valence-electron chi connectivity index (χ0n) is 10.1. The first-order valence-corrected chi connectivity index (χ1v) is 7.64. The molecule has 102 valence electrons. The van der Waals surface area contributed by atoms with E-state index in [1.807, 2.05) is 0 Å². The number of primary sulfonamides is 1. The largest absolute Gasteiger partial charge is 0.491 e. The highest BCUT2D eigenvalue weighted by atomic mass is 35.5. The molecule has 4 nitrogen and oxygen atoms in total. The van der Waals surface area contributed by atoms with Crippen LogP contribution >= 0.6 is 23.2 Å². The van der Waals surface area contributed by atoms with E-state index in [0.717, 1.165) is 0 Å². The summed E-state index contributed by atoms with van der Waals surface area (Å²) in [5, 5.41) is 5.91. The van der Waals surface area contributed by atoms with Gasteiger partial charge in [0.25, 0.3) is 0 Å². The van der Waals surface area contributed by atoms with Crippen molar-refractivity contribution in [2.45, 2.75) is 13.8 Å². The van der Waals surface area contributed by atoms with Crippen LogP contribution in [-0.4, -0.2) is 20.8 Å². The minimum atomic E-state index is -3.54. The van der Waals surface area contributed by atoms with Gasteiger partial charge in [-0.2, -0.15) is 0 Å². The van der Waals surface area contributed by atoms with E-state index in [4.69, 9.17) is 33.1 Å². The third-order valence-electron chi connectivity index (χ3n) is 2.10. The molecule has 0 aliphatic rings. The molecular formula is C11H15Cl2NO3S. The normalized spacial score (nSPS) is 12.5. The molecule has 0 atom stereocenters. The number of hydrogen-bond acceptors (Lipinski definition) is 3. The number of nitrogens with two attached hydrogens (primary N) is 1. The molecule has 0 fully saturated rings. The van der Waals surface area contributed by atoms with E-state index < -0.39 is 15.4 Å². The maximum Gasteiger partial charge on any atom is 0.209 e. The lowest BCUT2D eigenvalue weighted by Crippen LogP contribution is -2.33. The molecule has 0 saturated heterocycles. The predicted octanol–water partition coefficient (Wildman–Crippen LogP) is 2.69. The number of sulfonamides is 1. The van der Waals surface area contributed by atoms with E-state index in [9.17, 15) is 8.42 Å². The standard InChI is InChI=1S/C11H15Cl2NO3S/c1-11(2,7-18(14,15)16)6-17-10-4-3-8(12)5-9(10)13/h3-5H,6-7H2,1-2H3,(H2,14,15,16). The lowest BCUT2D eigenvalue weighted by atomic mass is 9.98. The van der Waals surface area contributed by atoms with Gasteiger partial charge in [0.1, 0.15) is 5.75 Å². The van der Waals surface area contributed by atoms with Crippen molar-refractivity contribution in [2.24, 2.45) is 10.6 Å². The Morgan fingerprint density at radius 1 is 1.33 bits per heavy atom. The van der Waals surface area contributed by atoms with Crippen molar-refractivity contribution in [1.29, 1.82) is 0 Å². The van der Waals surface area contributed by atoms with Crippen LogP contribution in [0.25, 0.3) is 0 Å². The Kier molecular flexibility index (Phi) is 4.89. The van der Waals surface area contributed by atoms with Gasteiger partial charge in [-0.25, -0.2) is 13.6 Å². The molecule has 0 aromatic heterocycles. The summed E-state index contributed by atoms with van der Waals surface area (Å²) in [4.78, 5) is 0. The minimum absolute atomic E-state index is 0.161. The SMILES string of the molecule is CC(C)(COc1ccc(Cl)cc1Cl)CS(N)(=O)=O. The fraction of sp³-hybridized carbons (Fsp3) is 0.455. The van der Waals surface area contributed by atoms with Crippen LogP contribution in [0.3, 0.4) is 0 Å². The number of halogens is 2. The lowest BCUT2D eigenvalue weighted by molar-refractivity contribution is 0.200. The summed E-state index contributed by atoms with van der Waals surface area (Å²) in [5.74, 6) is 0.300. The Hall–Kier alpha value is -0.490. The molecule has 0 heterocycles. The van der Waals surface area contributed by atoms with Gasteiger partial charge in [0.2, 0.25) is 10.0 Å². The predicted molar refractivity (Wildman–Crippen MR) is 73.7 cm³/mol. The van der Waals surface area contributed by atoms with Gasteiger partial charge in [0.05, 0.1) is 17.4 Å². The van der Waals surface area contributed by atoms with Gasteiger partial charge in [-0.1, -0.05) is 37.0 Å². The van der Waals surface area contributed by atoms with Crippen molar-refractivity contribution < 1.29 is 13.2 Å². The van der Waals surface area contributed by atoms with Crippen molar-refractivity contribution in [3.63, 3.8) is 0 Å². The molecule has 18 heavy (non-hydrogen) atoms. The molecule has 0 saturated carbocycles. The Balaban J connectivity index is 2.70. The average molecular weight is 312 g/mol. The first-order chi connectivity index (χ1) is 8.09. The van der Waals surface area contributed by atoms with Crippen LogP contribution in [-0.2, 0) is 10.0 Å². The number of hydrogen-bond donors (Lipinski definition) is 1. The number of rotatable bonds is 5. The van der Waals surface area contributed by atoms with E-state index >= 15 is 0 Å². The average Bonchev–Trinajstić information content (AvgIpc) is 2.12. The molecule has 0 amide bonds. The van der Waals surface area contributed by atoms with E-state index in [2.05, 4.69) is 0 Å². The van der Waals surface area contributed by atoms with E-state index in [1.165, 1.54) is 0 Å². The topological polar surface area (TPSA) is 69.4 Å². The summed E-state index contributed by atoms with van der Waals surface area (Å²) in [6.45, 7) is 3.69. The van der Waals surface area contributed by atoms with Crippen LogP contribution in [0.15, 0.2) is 18.2 Å². The van der Waals surface area contributed by atoms with Crippen molar-refractivity contribution >= 4 is 33.2 Å². The van der Waals surface area contributed by atoms with Gasteiger partial charge in [-0.15, -0.1) is 0 Å². The van der Waals surface area contributed by atoms with Gasteiger partial charge < -0.3 is 4.74 Å².